The topological polar surface area (TPSA) is 59.1 Å². The summed E-state index contributed by atoms with van der Waals surface area (Å²) in [6.07, 6.45) is -0.844. The van der Waals surface area contributed by atoms with E-state index in [2.05, 4.69) is 0 Å². The van der Waals surface area contributed by atoms with Gasteiger partial charge < -0.3 is 4.74 Å². The van der Waals surface area contributed by atoms with Gasteiger partial charge in [-0.05, 0) is 42.3 Å². The van der Waals surface area contributed by atoms with E-state index in [1.165, 1.54) is 4.90 Å². The standard InChI is InChI=1S/C26H24N2O4/c1-2-31-21-15-13-19(14-16-21)23-22-24(32-28(23)20-11-7-4-8-12-20)26(30)27(25(22)29)17-18-9-5-3-6-10-18/h3-16,22-24H,2,17H2,1H3/t22-,23-,24-/m0/s1. The molecule has 32 heavy (non-hydrogen) atoms. The predicted octanol–water partition coefficient (Wildman–Crippen LogP) is 4.13. The zero-order valence-corrected chi connectivity index (χ0v) is 17.8. The van der Waals surface area contributed by atoms with E-state index in [1.807, 2.05) is 91.9 Å². The van der Waals surface area contributed by atoms with Crippen LogP contribution in [0.4, 0.5) is 5.69 Å². The zero-order valence-electron chi connectivity index (χ0n) is 17.8. The Labute approximate surface area is 186 Å². The fourth-order valence-electron chi connectivity index (χ4n) is 4.46. The van der Waals surface area contributed by atoms with Crippen LogP contribution in [0.1, 0.15) is 24.1 Å². The minimum atomic E-state index is -0.844. The predicted molar refractivity (Wildman–Crippen MR) is 120 cm³/mol. The minimum Gasteiger partial charge on any atom is -0.494 e. The lowest BCUT2D eigenvalue weighted by molar-refractivity contribution is -0.143. The molecule has 2 amide bonds. The number of amides is 2. The number of carbonyl (C=O) groups is 2. The zero-order chi connectivity index (χ0) is 22.1. The molecule has 0 aromatic heterocycles. The van der Waals surface area contributed by atoms with Crippen molar-refractivity contribution in [3.63, 3.8) is 0 Å². The van der Waals surface area contributed by atoms with Gasteiger partial charge in [-0.1, -0.05) is 60.7 Å². The first-order valence-corrected chi connectivity index (χ1v) is 10.8. The van der Waals surface area contributed by atoms with Gasteiger partial charge in [0.1, 0.15) is 11.7 Å². The summed E-state index contributed by atoms with van der Waals surface area (Å²) in [5, 5.41) is 1.71. The van der Waals surface area contributed by atoms with Gasteiger partial charge in [-0.2, -0.15) is 0 Å². The molecule has 2 saturated heterocycles. The molecular weight excluding hydrogens is 404 g/mol. The Kier molecular flexibility index (Phi) is 5.37. The molecule has 6 nitrogen and oxygen atoms in total. The lowest BCUT2D eigenvalue weighted by atomic mass is 9.90. The highest BCUT2D eigenvalue weighted by molar-refractivity contribution is 6.07. The minimum absolute atomic E-state index is 0.207. The summed E-state index contributed by atoms with van der Waals surface area (Å²) in [4.78, 5) is 34.2. The van der Waals surface area contributed by atoms with E-state index in [9.17, 15) is 9.59 Å². The molecule has 2 fully saturated rings. The number of ether oxygens (including phenoxy) is 1. The lowest BCUT2D eigenvalue weighted by Gasteiger charge is -2.28. The summed E-state index contributed by atoms with van der Waals surface area (Å²) < 4.78 is 5.57. The number of para-hydroxylation sites is 1. The van der Waals surface area contributed by atoms with Crippen LogP contribution in [0.25, 0.3) is 0 Å². The summed E-state index contributed by atoms with van der Waals surface area (Å²) in [6.45, 7) is 2.76. The normalized spacial score (nSPS) is 22.3. The molecule has 2 heterocycles. The van der Waals surface area contributed by atoms with Crippen molar-refractivity contribution in [3.8, 4) is 5.75 Å². The third kappa shape index (κ3) is 3.52. The van der Waals surface area contributed by atoms with Gasteiger partial charge in [0, 0.05) is 0 Å². The molecule has 3 aromatic carbocycles. The molecule has 0 saturated carbocycles. The number of hydrogen-bond acceptors (Lipinski definition) is 5. The van der Waals surface area contributed by atoms with E-state index < -0.39 is 18.1 Å². The van der Waals surface area contributed by atoms with Gasteiger partial charge in [0.15, 0.2) is 6.10 Å². The second-order valence-electron chi connectivity index (χ2n) is 7.91. The van der Waals surface area contributed by atoms with Crippen molar-refractivity contribution in [1.82, 2.24) is 4.90 Å². The van der Waals surface area contributed by atoms with Crippen LogP contribution in [-0.2, 0) is 21.0 Å². The maximum atomic E-state index is 13.5. The molecule has 2 aliphatic heterocycles. The van der Waals surface area contributed by atoms with Crippen molar-refractivity contribution in [2.45, 2.75) is 25.6 Å². The quantitative estimate of drug-likeness (QED) is 0.553. The molecule has 5 rings (SSSR count). The highest BCUT2D eigenvalue weighted by atomic mass is 16.7. The fourth-order valence-corrected chi connectivity index (χ4v) is 4.46. The average Bonchev–Trinajstić information content (AvgIpc) is 3.33. The van der Waals surface area contributed by atoms with Gasteiger partial charge in [-0.3, -0.25) is 19.3 Å². The smallest absolute Gasteiger partial charge is 0.262 e. The number of nitrogens with zero attached hydrogens (tertiary/aromatic N) is 2. The second-order valence-corrected chi connectivity index (χ2v) is 7.91. The monoisotopic (exact) mass is 428 g/mol. The molecule has 3 aromatic rings. The van der Waals surface area contributed by atoms with Crippen LogP contribution in [0.5, 0.6) is 5.75 Å². The van der Waals surface area contributed by atoms with E-state index >= 15 is 0 Å². The second kappa shape index (κ2) is 8.48. The molecule has 6 heteroatoms. The Balaban J connectivity index is 1.50. The van der Waals surface area contributed by atoms with Gasteiger partial charge in [0.25, 0.3) is 5.91 Å². The molecule has 162 valence electrons. The number of carbonyl (C=O) groups excluding carboxylic acids is 2. The third-order valence-corrected chi connectivity index (χ3v) is 5.93. The SMILES string of the molecule is CCOc1ccc([C@H]2[C@@H]3C(=O)N(Cc4ccccc4)C(=O)[C@H]3ON2c2ccccc2)cc1. The number of anilines is 1. The summed E-state index contributed by atoms with van der Waals surface area (Å²) in [6, 6.07) is 26.3. The molecule has 2 aliphatic rings. The highest BCUT2D eigenvalue weighted by Gasteiger charge is 2.59. The van der Waals surface area contributed by atoms with Crippen molar-refractivity contribution >= 4 is 17.5 Å². The summed E-state index contributed by atoms with van der Waals surface area (Å²) in [5.41, 5.74) is 2.61. The number of rotatable bonds is 6. The molecular formula is C26H24N2O4. The molecule has 0 N–H and O–H groups in total. The number of hydroxylamine groups is 1. The lowest BCUT2D eigenvalue weighted by Crippen LogP contribution is -2.36. The van der Waals surface area contributed by atoms with Crippen LogP contribution < -0.4 is 9.80 Å². The van der Waals surface area contributed by atoms with Crippen LogP contribution in [0.15, 0.2) is 84.9 Å². The van der Waals surface area contributed by atoms with Crippen LogP contribution in [0.2, 0.25) is 0 Å². The van der Waals surface area contributed by atoms with Crippen molar-refractivity contribution in [2.75, 3.05) is 11.7 Å². The number of imide groups is 1. The van der Waals surface area contributed by atoms with Crippen molar-refractivity contribution in [1.29, 1.82) is 0 Å². The summed E-state index contributed by atoms with van der Waals surface area (Å²) in [5.74, 6) is -0.360. The van der Waals surface area contributed by atoms with Gasteiger partial charge in [-0.15, -0.1) is 0 Å². The molecule has 0 aliphatic carbocycles. The summed E-state index contributed by atoms with van der Waals surface area (Å²) in [7, 11) is 0. The van der Waals surface area contributed by atoms with Crippen LogP contribution in [0, 0.1) is 5.92 Å². The number of likely N-dealkylation sites (tertiary alicyclic amines) is 1. The first-order chi connectivity index (χ1) is 15.7. The van der Waals surface area contributed by atoms with Crippen molar-refractivity contribution in [3.05, 3.63) is 96.1 Å². The van der Waals surface area contributed by atoms with E-state index in [0.29, 0.717) is 6.61 Å². The Morgan fingerprint density at radius 2 is 1.50 bits per heavy atom. The fraction of sp³-hybridized carbons (Fsp3) is 0.231. The first kappa shape index (κ1) is 20.3. The van der Waals surface area contributed by atoms with Crippen LogP contribution in [0.3, 0.4) is 0 Å². The Bertz CT molecular complexity index is 1100. The van der Waals surface area contributed by atoms with Crippen LogP contribution in [-0.4, -0.2) is 29.4 Å². The van der Waals surface area contributed by atoms with Gasteiger partial charge in [0.2, 0.25) is 5.91 Å². The van der Waals surface area contributed by atoms with E-state index in [-0.39, 0.29) is 18.4 Å². The van der Waals surface area contributed by atoms with E-state index in [4.69, 9.17) is 9.57 Å². The van der Waals surface area contributed by atoms with Gasteiger partial charge in [0.05, 0.1) is 24.9 Å². The Morgan fingerprint density at radius 1 is 0.844 bits per heavy atom. The maximum Gasteiger partial charge on any atom is 0.262 e. The van der Waals surface area contributed by atoms with E-state index in [0.717, 1.165) is 22.6 Å². The molecule has 0 bridgehead atoms. The van der Waals surface area contributed by atoms with Crippen molar-refractivity contribution < 1.29 is 19.2 Å². The third-order valence-electron chi connectivity index (χ3n) is 5.93. The Morgan fingerprint density at radius 3 is 2.16 bits per heavy atom. The highest BCUT2D eigenvalue weighted by Crippen LogP contribution is 2.47. The van der Waals surface area contributed by atoms with Crippen LogP contribution >= 0.6 is 0 Å². The first-order valence-electron chi connectivity index (χ1n) is 10.8. The van der Waals surface area contributed by atoms with Gasteiger partial charge in [-0.25, -0.2) is 5.06 Å². The van der Waals surface area contributed by atoms with Crippen molar-refractivity contribution in [2.24, 2.45) is 5.92 Å². The average molecular weight is 428 g/mol. The number of fused-ring (bicyclic) bond motifs is 1. The molecule has 0 radical (unpaired) electrons. The number of benzene rings is 3. The van der Waals surface area contributed by atoms with Gasteiger partial charge >= 0.3 is 0 Å². The largest absolute Gasteiger partial charge is 0.494 e. The molecule has 0 spiro atoms. The molecule has 0 unspecified atom stereocenters. The summed E-state index contributed by atoms with van der Waals surface area (Å²) >= 11 is 0. The molecule has 3 atom stereocenters. The maximum absolute atomic E-state index is 13.5. The van der Waals surface area contributed by atoms with E-state index in [1.54, 1.807) is 5.06 Å². The Hall–Kier alpha value is -3.64. The number of hydrogen-bond donors (Lipinski definition) is 0.